The van der Waals surface area contributed by atoms with Gasteiger partial charge < -0.3 is 4.90 Å². The predicted molar refractivity (Wildman–Crippen MR) is 122 cm³/mol. The topological polar surface area (TPSA) is 79.4 Å². The first kappa shape index (κ1) is 21.3. The number of thiazole rings is 1. The van der Waals surface area contributed by atoms with E-state index in [0.717, 1.165) is 42.8 Å². The molecule has 1 N–H and O–H groups in total. The van der Waals surface area contributed by atoms with Crippen molar-refractivity contribution in [1.82, 2.24) is 9.88 Å². The van der Waals surface area contributed by atoms with Crippen LogP contribution in [0, 0.1) is 13.8 Å². The summed E-state index contributed by atoms with van der Waals surface area (Å²) in [6.45, 7) is 5.17. The van der Waals surface area contributed by atoms with E-state index in [9.17, 15) is 13.2 Å². The van der Waals surface area contributed by atoms with Crippen LogP contribution in [0.25, 0.3) is 10.6 Å². The largest absolute Gasteiger partial charge is 0.338 e. The fraction of sp³-hybridized carbons (Fsp3) is 0.300. The van der Waals surface area contributed by atoms with E-state index < -0.39 is 10.0 Å². The molecule has 1 fully saturated rings. The summed E-state index contributed by atoms with van der Waals surface area (Å²) < 4.78 is 28.5. The second kappa shape index (κ2) is 8.30. The van der Waals surface area contributed by atoms with E-state index in [1.165, 1.54) is 11.3 Å². The van der Waals surface area contributed by atoms with Crippen molar-refractivity contribution in [2.24, 2.45) is 0 Å². The van der Waals surface area contributed by atoms with Crippen molar-refractivity contribution in [2.75, 3.05) is 17.8 Å². The maximum Gasteiger partial charge on any atom is 0.271 e. The highest BCUT2D eigenvalue weighted by Gasteiger charge is 2.25. The van der Waals surface area contributed by atoms with Gasteiger partial charge in [0, 0.05) is 29.1 Å². The van der Waals surface area contributed by atoms with E-state index in [-0.39, 0.29) is 10.1 Å². The number of nitrogens with one attached hydrogen (secondary N) is 1. The predicted octanol–water partition coefficient (Wildman–Crippen LogP) is 5.18. The molecule has 30 heavy (non-hydrogen) atoms. The molecule has 10 heteroatoms. The van der Waals surface area contributed by atoms with Crippen LogP contribution in [0.5, 0.6) is 0 Å². The summed E-state index contributed by atoms with van der Waals surface area (Å²) >= 11 is 8.38. The lowest BCUT2D eigenvalue weighted by molar-refractivity contribution is 0.0796. The van der Waals surface area contributed by atoms with Crippen molar-refractivity contribution in [1.29, 1.82) is 0 Å². The van der Waals surface area contributed by atoms with E-state index >= 15 is 0 Å². The number of halogens is 1. The van der Waals surface area contributed by atoms with Crippen LogP contribution in [0.1, 0.15) is 33.8 Å². The summed E-state index contributed by atoms with van der Waals surface area (Å²) in [5.74, 6) is 0.0108. The Morgan fingerprint density at radius 3 is 2.63 bits per heavy atom. The highest BCUT2D eigenvalue weighted by atomic mass is 35.5. The Balaban J connectivity index is 1.58. The second-order valence-corrected chi connectivity index (χ2v) is 11.4. The molecule has 0 saturated carbocycles. The monoisotopic (exact) mass is 481 g/mol. The van der Waals surface area contributed by atoms with E-state index in [4.69, 9.17) is 11.6 Å². The van der Waals surface area contributed by atoms with E-state index in [1.807, 2.05) is 11.8 Å². The fourth-order valence-electron chi connectivity index (χ4n) is 3.29. The highest BCUT2D eigenvalue weighted by Crippen LogP contribution is 2.34. The van der Waals surface area contributed by atoms with Crippen LogP contribution < -0.4 is 4.72 Å². The normalized spacial score (nSPS) is 14.3. The number of hydrogen-bond acceptors (Lipinski definition) is 6. The Bertz CT molecular complexity index is 1210. The molecule has 1 aliphatic rings. The van der Waals surface area contributed by atoms with Crippen LogP contribution in [-0.4, -0.2) is 37.3 Å². The molecule has 1 aliphatic heterocycles. The number of nitrogens with zero attached hydrogens (tertiary/aromatic N) is 2. The molecule has 1 saturated heterocycles. The molecule has 0 unspecified atom stereocenters. The minimum Gasteiger partial charge on any atom is -0.338 e. The molecule has 0 bridgehead atoms. The van der Waals surface area contributed by atoms with Gasteiger partial charge in [0.15, 0.2) is 0 Å². The van der Waals surface area contributed by atoms with E-state index in [2.05, 4.69) is 9.71 Å². The number of aryl methyl sites for hydroxylation is 2. The van der Waals surface area contributed by atoms with Gasteiger partial charge in [-0.1, -0.05) is 11.6 Å². The maximum absolute atomic E-state index is 12.8. The van der Waals surface area contributed by atoms with Crippen LogP contribution in [0.3, 0.4) is 0 Å². The Labute approximate surface area is 188 Å². The molecule has 0 atom stereocenters. The summed E-state index contributed by atoms with van der Waals surface area (Å²) in [6, 6.07) is 6.59. The zero-order valence-corrected chi connectivity index (χ0v) is 19.6. The average Bonchev–Trinajstić information content (AvgIpc) is 3.43. The smallest absolute Gasteiger partial charge is 0.271 e. The van der Waals surface area contributed by atoms with Gasteiger partial charge in [0.05, 0.1) is 11.4 Å². The number of sulfonamides is 1. The zero-order chi connectivity index (χ0) is 21.5. The lowest BCUT2D eigenvalue weighted by Crippen LogP contribution is -2.27. The van der Waals surface area contributed by atoms with Gasteiger partial charge in [-0.25, -0.2) is 13.4 Å². The standard InChI is InChI=1S/C20H20ClN3O3S3/c1-12-9-15(21)5-6-16(12)23-30(26,27)17-10-14(11-28-17)19-22-13(2)18(29-19)20(25)24-7-3-4-8-24/h5-6,9-11,23H,3-4,7-8H2,1-2H3. The number of carbonyl (C=O) groups is 1. The molecule has 0 aliphatic carbocycles. The molecular weight excluding hydrogens is 462 g/mol. The van der Waals surface area contributed by atoms with Gasteiger partial charge in [-0.05, 0) is 56.5 Å². The molecule has 4 rings (SSSR count). The first-order valence-electron chi connectivity index (χ1n) is 9.39. The second-order valence-electron chi connectivity index (χ2n) is 7.15. The third kappa shape index (κ3) is 4.25. The molecule has 1 amide bonds. The molecular formula is C20H20ClN3O3S3. The van der Waals surface area contributed by atoms with Gasteiger partial charge in [0.1, 0.15) is 14.1 Å². The number of thiophene rings is 1. The molecule has 0 spiro atoms. The van der Waals surface area contributed by atoms with Crippen molar-refractivity contribution in [3.63, 3.8) is 0 Å². The first-order chi connectivity index (χ1) is 14.2. The number of benzene rings is 1. The van der Waals surface area contributed by atoms with Crippen molar-refractivity contribution >= 4 is 55.9 Å². The third-order valence-electron chi connectivity index (χ3n) is 4.90. The SMILES string of the molecule is Cc1cc(Cl)ccc1NS(=O)(=O)c1cc(-c2nc(C)c(C(=O)N3CCCC3)s2)cs1. The quantitative estimate of drug-likeness (QED) is 0.544. The third-order valence-corrected chi connectivity index (χ3v) is 9.14. The van der Waals surface area contributed by atoms with Gasteiger partial charge in [-0.2, -0.15) is 0 Å². The summed E-state index contributed by atoms with van der Waals surface area (Å²) in [5.41, 5.74) is 2.60. The lowest BCUT2D eigenvalue weighted by Gasteiger charge is -2.13. The Kier molecular flexibility index (Phi) is 5.89. The van der Waals surface area contributed by atoms with Crippen molar-refractivity contribution in [3.05, 3.63) is 50.8 Å². The Morgan fingerprint density at radius 1 is 1.20 bits per heavy atom. The molecule has 3 heterocycles. The zero-order valence-electron chi connectivity index (χ0n) is 16.4. The molecule has 2 aromatic heterocycles. The van der Waals surface area contributed by atoms with Gasteiger partial charge in [-0.3, -0.25) is 9.52 Å². The highest BCUT2D eigenvalue weighted by molar-refractivity contribution is 7.94. The number of carbonyl (C=O) groups excluding carboxylic acids is 1. The van der Waals surface area contributed by atoms with Gasteiger partial charge >= 0.3 is 0 Å². The van der Waals surface area contributed by atoms with E-state index in [0.29, 0.717) is 31.9 Å². The summed E-state index contributed by atoms with van der Waals surface area (Å²) in [4.78, 5) is 19.7. The first-order valence-corrected chi connectivity index (χ1v) is 12.9. The fourth-order valence-corrected chi connectivity index (χ4v) is 6.91. The summed E-state index contributed by atoms with van der Waals surface area (Å²) in [6.07, 6.45) is 2.06. The summed E-state index contributed by atoms with van der Waals surface area (Å²) in [7, 11) is -3.74. The number of hydrogen-bond donors (Lipinski definition) is 1. The minimum atomic E-state index is -3.74. The maximum atomic E-state index is 12.8. The number of aromatic nitrogens is 1. The number of amides is 1. The van der Waals surface area contributed by atoms with Crippen LogP contribution in [0.2, 0.25) is 5.02 Å². The van der Waals surface area contributed by atoms with Crippen molar-refractivity contribution in [3.8, 4) is 10.6 Å². The van der Waals surface area contributed by atoms with Crippen LogP contribution in [0.15, 0.2) is 33.9 Å². The lowest BCUT2D eigenvalue weighted by atomic mass is 10.2. The van der Waals surface area contributed by atoms with Gasteiger partial charge in [0.2, 0.25) is 0 Å². The number of rotatable bonds is 5. The minimum absolute atomic E-state index is 0.0108. The van der Waals surface area contributed by atoms with Crippen LogP contribution >= 0.6 is 34.3 Å². The van der Waals surface area contributed by atoms with Crippen LogP contribution in [0.4, 0.5) is 5.69 Å². The van der Waals surface area contributed by atoms with Gasteiger partial charge in [0.25, 0.3) is 15.9 Å². The Hall–Kier alpha value is -1.94. The number of anilines is 1. The van der Waals surface area contributed by atoms with Crippen molar-refractivity contribution in [2.45, 2.75) is 30.9 Å². The van der Waals surface area contributed by atoms with Crippen molar-refractivity contribution < 1.29 is 13.2 Å². The average molecular weight is 482 g/mol. The molecule has 0 radical (unpaired) electrons. The molecule has 3 aromatic rings. The van der Waals surface area contributed by atoms with Crippen LogP contribution in [-0.2, 0) is 10.0 Å². The van der Waals surface area contributed by atoms with Gasteiger partial charge in [-0.15, -0.1) is 22.7 Å². The van der Waals surface area contributed by atoms with E-state index in [1.54, 1.807) is 36.6 Å². The summed E-state index contributed by atoms with van der Waals surface area (Å²) in [5, 5.41) is 2.95. The molecule has 6 nitrogen and oxygen atoms in total. The molecule has 1 aromatic carbocycles. The molecule has 158 valence electrons. The number of likely N-dealkylation sites (tertiary alicyclic amines) is 1. The Morgan fingerprint density at radius 2 is 1.93 bits per heavy atom.